The normalized spacial score (nSPS) is 11.8. The SMILES string of the molecule is c1ccc(Sc2cc3c4ccccc4c4cccc2n43)cc1. The van der Waals surface area contributed by atoms with Crippen molar-refractivity contribution in [3.63, 3.8) is 0 Å². The van der Waals surface area contributed by atoms with E-state index >= 15 is 0 Å². The predicted molar refractivity (Wildman–Crippen MR) is 94.2 cm³/mol. The minimum Gasteiger partial charge on any atom is -0.308 e. The van der Waals surface area contributed by atoms with Gasteiger partial charge in [0.25, 0.3) is 0 Å². The molecule has 0 N–H and O–H groups in total. The van der Waals surface area contributed by atoms with Gasteiger partial charge in [-0.15, -0.1) is 0 Å². The molecule has 0 amide bonds. The Morgan fingerprint density at radius 3 is 2.09 bits per heavy atom. The van der Waals surface area contributed by atoms with E-state index in [0.29, 0.717) is 0 Å². The van der Waals surface area contributed by atoms with E-state index in [1.165, 1.54) is 37.1 Å². The van der Waals surface area contributed by atoms with Crippen LogP contribution in [0.15, 0.2) is 88.7 Å². The lowest BCUT2D eigenvalue weighted by atomic mass is 10.2. The second-order valence-corrected chi connectivity index (χ2v) is 6.60. The van der Waals surface area contributed by atoms with Crippen LogP contribution in [-0.4, -0.2) is 4.40 Å². The Morgan fingerprint density at radius 1 is 0.591 bits per heavy atom. The maximum absolute atomic E-state index is 2.38. The molecule has 0 unspecified atom stereocenters. The van der Waals surface area contributed by atoms with Crippen LogP contribution in [0, 0.1) is 0 Å². The first-order valence-corrected chi connectivity index (χ1v) is 8.20. The third-order valence-electron chi connectivity index (χ3n) is 4.20. The lowest BCUT2D eigenvalue weighted by Crippen LogP contribution is -1.81. The van der Waals surface area contributed by atoms with Crippen molar-refractivity contribution in [1.29, 1.82) is 0 Å². The van der Waals surface area contributed by atoms with E-state index in [-0.39, 0.29) is 0 Å². The summed E-state index contributed by atoms with van der Waals surface area (Å²) in [6, 6.07) is 28.1. The summed E-state index contributed by atoms with van der Waals surface area (Å²) in [7, 11) is 0. The van der Waals surface area contributed by atoms with Gasteiger partial charge in [0.15, 0.2) is 0 Å². The van der Waals surface area contributed by atoms with E-state index in [1.807, 2.05) is 11.8 Å². The quantitative estimate of drug-likeness (QED) is 0.396. The van der Waals surface area contributed by atoms with Crippen LogP contribution < -0.4 is 0 Å². The van der Waals surface area contributed by atoms with Crippen molar-refractivity contribution < 1.29 is 0 Å². The molecule has 104 valence electrons. The van der Waals surface area contributed by atoms with Crippen molar-refractivity contribution in [2.45, 2.75) is 9.79 Å². The number of benzene rings is 2. The number of rotatable bonds is 2. The summed E-state index contributed by atoms with van der Waals surface area (Å²) >= 11 is 1.83. The number of hydrogen-bond donors (Lipinski definition) is 0. The lowest BCUT2D eigenvalue weighted by Gasteiger charge is -2.01. The fourth-order valence-electron chi connectivity index (χ4n) is 3.26. The zero-order valence-electron chi connectivity index (χ0n) is 11.9. The summed E-state index contributed by atoms with van der Waals surface area (Å²) in [6.45, 7) is 0. The molecule has 0 aliphatic heterocycles. The van der Waals surface area contributed by atoms with Crippen molar-refractivity contribution >= 4 is 39.1 Å². The number of pyridine rings is 1. The second kappa shape index (κ2) is 4.52. The minimum atomic E-state index is 1.28. The maximum Gasteiger partial charge on any atom is 0.0602 e. The summed E-state index contributed by atoms with van der Waals surface area (Å²) < 4.78 is 2.38. The van der Waals surface area contributed by atoms with Crippen LogP contribution in [0.1, 0.15) is 0 Å². The molecule has 0 saturated heterocycles. The van der Waals surface area contributed by atoms with Crippen molar-refractivity contribution in [2.75, 3.05) is 0 Å². The molecule has 0 aliphatic carbocycles. The van der Waals surface area contributed by atoms with Gasteiger partial charge in [-0.05, 0) is 30.3 Å². The molecule has 0 atom stereocenters. The highest BCUT2D eigenvalue weighted by Gasteiger charge is 2.15. The van der Waals surface area contributed by atoms with E-state index < -0.39 is 0 Å². The molecule has 0 radical (unpaired) electrons. The number of nitrogens with zero attached hydrogens (tertiary/aromatic N) is 1. The van der Waals surface area contributed by atoms with Gasteiger partial charge in [-0.3, -0.25) is 0 Å². The topological polar surface area (TPSA) is 4.41 Å². The van der Waals surface area contributed by atoms with Crippen molar-refractivity contribution in [3.8, 4) is 0 Å². The van der Waals surface area contributed by atoms with Crippen LogP contribution in [0.2, 0.25) is 0 Å². The highest BCUT2D eigenvalue weighted by Crippen LogP contribution is 2.39. The Hall–Kier alpha value is -2.45. The van der Waals surface area contributed by atoms with Crippen LogP contribution >= 0.6 is 11.8 Å². The molecule has 0 fully saturated rings. The first kappa shape index (κ1) is 12.1. The molecular weight excluding hydrogens is 286 g/mol. The van der Waals surface area contributed by atoms with Gasteiger partial charge in [0, 0.05) is 20.6 Å². The average Bonchev–Trinajstić information content (AvgIpc) is 3.10. The first-order valence-electron chi connectivity index (χ1n) is 7.39. The van der Waals surface area contributed by atoms with Gasteiger partial charge in [0.1, 0.15) is 0 Å². The molecule has 2 aromatic carbocycles. The van der Waals surface area contributed by atoms with E-state index in [4.69, 9.17) is 0 Å². The van der Waals surface area contributed by atoms with Crippen molar-refractivity contribution in [2.24, 2.45) is 0 Å². The van der Waals surface area contributed by atoms with Gasteiger partial charge in [0.05, 0.1) is 16.6 Å². The molecular formula is C20H13NS. The van der Waals surface area contributed by atoms with Crippen LogP contribution in [0.5, 0.6) is 0 Å². The zero-order chi connectivity index (χ0) is 14.5. The molecule has 5 rings (SSSR count). The summed E-state index contributed by atoms with van der Waals surface area (Å²) in [4.78, 5) is 2.60. The fraction of sp³-hybridized carbons (Fsp3) is 0. The van der Waals surface area contributed by atoms with E-state index in [9.17, 15) is 0 Å². The van der Waals surface area contributed by atoms with Gasteiger partial charge in [-0.25, -0.2) is 0 Å². The zero-order valence-corrected chi connectivity index (χ0v) is 12.7. The number of fused-ring (bicyclic) bond motifs is 3. The third-order valence-corrected chi connectivity index (χ3v) is 5.26. The second-order valence-electron chi connectivity index (χ2n) is 5.49. The molecule has 3 aromatic heterocycles. The Labute approximate surface area is 132 Å². The van der Waals surface area contributed by atoms with E-state index in [2.05, 4.69) is 83.3 Å². The highest BCUT2D eigenvalue weighted by molar-refractivity contribution is 7.99. The Kier molecular flexibility index (Phi) is 2.49. The molecule has 0 aliphatic rings. The largest absolute Gasteiger partial charge is 0.308 e. The maximum atomic E-state index is 2.38. The molecule has 0 saturated carbocycles. The van der Waals surface area contributed by atoms with Gasteiger partial charge in [-0.2, -0.15) is 0 Å². The first-order chi connectivity index (χ1) is 10.9. The Bertz CT molecular complexity index is 1090. The third kappa shape index (κ3) is 1.62. The Morgan fingerprint density at radius 2 is 1.27 bits per heavy atom. The van der Waals surface area contributed by atoms with E-state index in [0.717, 1.165) is 0 Å². The number of aromatic nitrogens is 1. The molecule has 1 nitrogen and oxygen atoms in total. The summed E-state index contributed by atoms with van der Waals surface area (Å²) in [6.07, 6.45) is 0. The van der Waals surface area contributed by atoms with Crippen molar-refractivity contribution in [1.82, 2.24) is 4.40 Å². The fourth-order valence-corrected chi connectivity index (χ4v) is 4.24. The minimum absolute atomic E-state index is 1.28. The van der Waals surface area contributed by atoms with Crippen LogP contribution in [0.4, 0.5) is 0 Å². The summed E-state index contributed by atoms with van der Waals surface area (Å²) in [5, 5.41) is 2.66. The van der Waals surface area contributed by atoms with Gasteiger partial charge >= 0.3 is 0 Å². The Balaban J connectivity index is 1.82. The van der Waals surface area contributed by atoms with Gasteiger partial charge in [0.2, 0.25) is 0 Å². The van der Waals surface area contributed by atoms with Crippen LogP contribution in [0.25, 0.3) is 27.3 Å². The standard InChI is InChI=1S/C20H13NS/c1-2-7-14(8-3-1)22-20-13-19-16-10-5-4-9-15(16)17-11-6-12-18(20)21(17)19/h1-13H. The molecule has 3 heterocycles. The number of hydrogen-bond acceptors (Lipinski definition) is 1. The highest BCUT2D eigenvalue weighted by atomic mass is 32.2. The molecule has 0 bridgehead atoms. The molecule has 22 heavy (non-hydrogen) atoms. The van der Waals surface area contributed by atoms with Crippen LogP contribution in [0.3, 0.4) is 0 Å². The van der Waals surface area contributed by atoms with Gasteiger partial charge < -0.3 is 4.40 Å². The van der Waals surface area contributed by atoms with Crippen LogP contribution in [-0.2, 0) is 0 Å². The summed E-state index contributed by atoms with van der Waals surface area (Å²) in [5.41, 5.74) is 3.89. The smallest absolute Gasteiger partial charge is 0.0602 e. The lowest BCUT2D eigenvalue weighted by molar-refractivity contribution is 1.33. The predicted octanol–water partition coefficient (Wildman–Crippen LogP) is 5.83. The summed E-state index contributed by atoms with van der Waals surface area (Å²) in [5.74, 6) is 0. The average molecular weight is 299 g/mol. The van der Waals surface area contributed by atoms with Gasteiger partial charge in [-0.1, -0.05) is 60.3 Å². The van der Waals surface area contributed by atoms with E-state index in [1.54, 1.807) is 0 Å². The molecule has 0 spiro atoms. The van der Waals surface area contributed by atoms with Crippen molar-refractivity contribution in [3.05, 3.63) is 78.9 Å². The molecule has 2 heteroatoms. The molecule has 5 aromatic rings. The monoisotopic (exact) mass is 299 g/mol.